The van der Waals surface area contributed by atoms with Gasteiger partial charge in [-0.3, -0.25) is 0 Å². The standard InChI is InChI=1S/C8H17N.H2O/c1-2-3-6-9-7-4-5-8-9;/h2-8H2,1H3;1H2. The van der Waals surface area contributed by atoms with E-state index in [0.29, 0.717) is 0 Å². The van der Waals surface area contributed by atoms with Crippen molar-refractivity contribution in [3.05, 3.63) is 0 Å². The maximum atomic E-state index is 2.27. The molecule has 0 spiro atoms. The van der Waals surface area contributed by atoms with E-state index in [1.54, 1.807) is 0 Å². The van der Waals surface area contributed by atoms with E-state index >= 15 is 0 Å². The van der Waals surface area contributed by atoms with Gasteiger partial charge in [-0.05, 0) is 6.42 Å². The minimum Gasteiger partial charge on any atom is -0.870 e. The molecule has 0 aromatic rings. The van der Waals surface area contributed by atoms with E-state index in [1.807, 2.05) is 4.90 Å². The first-order valence-electron chi connectivity index (χ1n) is 4.27. The molecule has 2 heteroatoms. The number of nitrogens with one attached hydrogen (secondary N) is 1. The first kappa shape index (κ1) is 9.92. The lowest BCUT2D eigenvalue weighted by Crippen LogP contribution is -3.09. The van der Waals surface area contributed by atoms with Gasteiger partial charge in [-0.2, -0.15) is 0 Å². The van der Waals surface area contributed by atoms with Gasteiger partial charge in [0.15, 0.2) is 0 Å². The van der Waals surface area contributed by atoms with E-state index in [-0.39, 0.29) is 5.48 Å². The molecule has 0 saturated carbocycles. The van der Waals surface area contributed by atoms with Gasteiger partial charge in [0.1, 0.15) is 0 Å². The first-order valence-corrected chi connectivity index (χ1v) is 4.27. The predicted molar refractivity (Wildman–Crippen MR) is 41.6 cm³/mol. The van der Waals surface area contributed by atoms with Crippen LogP contribution in [0.4, 0.5) is 0 Å². The number of likely N-dealkylation sites (tertiary alicyclic amines) is 1. The molecule has 0 aliphatic carbocycles. The van der Waals surface area contributed by atoms with E-state index in [1.165, 1.54) is 45.3 Å². The van der Waals surface area contributed by atoms with Crippen LogP contribution in [-0.4, -0.2) is 25.1 Å². The molecule has 1 fully saturated rings. The highest BCUT2D eigenvalue weighted by molar-refractivity contribution is 4.44. The number of hydrogen-bond donors (Lipinski definition) is 1. The number of quaternary nitrogens is 1. The molecular weight excluding hydrogens is 126 g/mol. The van der Waals surface area contributed by atoms with Crippen molar-refractivity contribution in [2.45, 2.75) is 32.6 Å². The SMILES string of the molecule is CCCC[NH+]1CCCC1.[OH-]. The van der Waals surface area contributed by atoms with Crippen molar-refractivity contribution in [1.82, 2.24) is 0 Å². The van der Waals surface area contributed by atoms with Crippen molar-refractivity contribution >= 4 is 0 Å². The molecule has 1 aliphatic rings. The third kappa shape index (κ3) is 3.18. The van der Waals surface area contributed by atoms with Crippen LogP contribution < -0.4 is 4.90 Å². The maximum Gasteiger partial charge on any atom is 0.0773 e. The van der Waals surface area contributed by atoms with Crippen molar-refractivity contribution in [2.24, 2.45) is 0 Å². The van der Waals surface area contributed by atoms with E-state index in [2.05, 4.69) is 6.92 Å². The summed E-state index contributed by atoms with van der Waals surface area (Å²) >= 11 is 0. The van der Waals surface area contributed by atoms with E-state index in [4.69, 9.17) is 0 Å². The smallest absolute Gasteiger partial charge is 0.0773 e. The summed E-state index contributed by atoms with van der Waals surface area (Å²) in [5.41, 5.74) is 0. The summed E-state index contributed by atoms with van der Waals surface area (Å²) < 4.78 is 0. The molecule has 0 amide bonds. The van der Waals surface area contributed by atoms with Crippen LogP contribution in [0.2, 0.25) is 0 Å². The van der Waals surface area contributed by atoms with Crippen LogP contribution in [0.15, 0.2) is 0 Å². The zero-order valence-electron chi connectivity index (χ0n) is 6.90. The maximum absolute atomic E-state index is 2.27. The molecule has 0 aromatic heterocycles. The summed E-state index contributed by atoms with van der Waals surface area (Å²) in [6, 6.07) is 0. The lowest BCUT2D eigenvalue weighted by atomic mass is 10.3. The summed E-state index contributed by atoms with van der Waals surface area (Å²) in [6.07, 6.45) is 5.73. The van der Waals surface area contributed by atoms with Crippen LogP contribution in [-0.2, 0) is 0 Å². The molecule has 1 rings (SSSR count). The molecule has 0 aromatic carbocycles. The minimum atomic E-state index is 0. The lowest BCUT2D eigenvalue weighted by molar-refractivity contribution is -0.887. The Morgan fingerprint density at radius 3 is 2.30 bits per heavy atom. The largest absolute Gasteiger partial charge is 0.870 e. The molecule has 0 radical (unpaired) electrons. The molecule has 10 heavy (non-hydrogen) atoms. The highest BCUT2D eigenvalue weighted by atomic mass is 16.0. The van der Waals surface area contributed by atoms with Crippen LogP contribution in [0.1, 0.15) is 32.6 Å². The highest BCUT2D eigenvalue weighted by Crippen LogP contribution is 1.88. The summed E-state index contributed by atoms with van der Waals surface area (Å²) in [7, 11) is 0. The Hall–Kier alpha value is -0.0800. The first-order chi connectivity index (χ1) is 4.43. The van der Waals surface area contributed by atoms with Gasteiger partial charge in [-0.1, -0.05) is 13.3 Å². The topological polar surface area (TPSA) is 34.4 Å². The molecule has 0 unspecified atom stereocenters. The van der Waals surface area contributed by atoms with Gasteiger partial charge in [0.05, 0.1) is 19.6 Å². The fourth-order valence-electron chi connectivity index (χ4n) is 1.55. The van der Waals surface area contributed by atoms with Crippen LogP contribution >= 0.6 is 0 Å². The Morgan fingerprint density at radius 1 is 1.20 bits per heavy atom. The fraction of sp³-hybridized carbons (Fsp3) is 1.00. The minimum absolute atomic E-state index is 0. The van der Waals surface area contributed by atoms with Crippen molar-refractivity contribution in [3.63, 3.8) is 0 Å². The predicted octanol–water partition coefficient (Wildman–Crippen LogP) is 0.288. The monoisotopic (exact) mass is 145 g/mol. The van der Waals surface area contributed by atoms with Crippen molar-refractivity contribution < 1.29 is 10.4 Å². The summed E-state index contributed by atoms with van der Waals surface area (Å²) in [5.74, 6) is 0. The summed E-state index contributed by atoms with van der Waals surface area (Å²) in [6.45, 7) is 6.59. The van der Waals surface area contributed by atoms with Crippen LogP contribution in [0.5, 0.6) is 0 Å². The quantitative estimate of drug-likeness (QED) is 0.608. The molecular formula is C8H19NO. The van der Waals surface area contributed by atoms with Gasteiger partial charge in [-0.25, -0.2) is 0 Å². The van der Waals surface area contributed by atoms with Gasteiger partial charge in [0.25, 0.3) is 0 Å². The van der Waals surface area contributed by atoms with Gasteiger partial charge in [0, 0.05) is 12.8 Å². The molecule has 0 bridgehead atoms. The molecule has 1 heterocycles. The van der Waals surface area contributed by atoms with Gasteiger partial charge >= 0.3 is 0 Å². The normalized spacial score (nSPS) is 18.9. The van der Waals surface area contributed by atoms with Crippen LogP contribution in [0.25, 0.3) is 0 Å². The highest BCUT2D eigenvalue weighted by Gasteiger charge is 2.13. The summed E-state index contributed by atoms with van der Waals surface area (Å²) in [4.78, 5) is 1.84. The average molecular weight is 145 g/mol. The number of rotatable bonds is 3. The third-order valence-electron chi connectivity index (χ3n) is 2.19. The second kappa shape index (κ2) is 5.69. The van der Waals surface area contributed by atoms with Crippen LogP contribution in [0.3, 0.4) is 0 Å². The third-order valence-corrected chi connectivity index (χ3v) is 2.19. The Kier molecular flexibility index (Phi) is 5.64. The van der Waals surface area contributed by atoms with E-state index in [0.717, 1.165) is 0 Å². The molecule has 2 nitrogen and oxygen atoms in total. The van der Waals surface area contributed by atoms with Crippen molar-refractivity contribution in [2.75, 3.05) is 19.6 Å². The van der Waals surface area contributed by atoms with Crippen molar-refractivity contribution in [3.8, 4) is 0 Å². The Bertz CT molecular complexity index is 69.7. The van der Waals surface area contributed by atoms with Gasteiger partial charge in [0.2, 0.25) is 0 Å². The molecule has 62 valence electrons. The van der Waals surface area contributed by atoms with Crippen LogP contribution in [0, 0.1) is 0 Å². The average Bonchev–Trinajstić information content (AvgIpc) is 2.34. The molecule has 0 atom stereocenters. The number of unbranched alkanes of at least 4 members (excludes halogenated alkanes) is 1. The van der Waals surface area contributed by atoms with Crippen molar-refractivity contribution in [1.29, 1.82) is 0 Å². The second-order valence-electron chi connectivity index (χ2n) is 3.06. The van der Waals surface area contributed by atoms with Gasteiger partial charge in [-0.15, -0.1) is 0 Å². The molecule has 1 saturated heterocycles. The molecule has 1 aliphatic heterocycles. The Labute approximate surface area is 63.5 Å². The summed E-state index contributed by atoms with van der Waals surface area (Å²) in [5, 5.41) is 0. The lowest BCUT2D eigenvalue weighted by Gasteiger charge is -2.09. The fourth-order valence-corrected chi connectivity index (χ4v) is 1.55. The second-order valence-corrected chi connectivity index (χ2v) is 3.06. The Morgan fingerprint density at radius 2 is 1.80 bits per heavy atom. The molecule has 2 N–H and O–H groups in total. The van der Waals surface area contributed by atoms with E-state index < -0.39 is 0 Å². The Balaban J connectivity index is 0.000000810. The van der Waals surface area contributed by atoms with Gasteiger partial charge < -0.3 is 10.4 Å². The zero-order valence-corrected chi connectivity index (χ0v) is 6.90. The zero-order chi connectivity index (χ0) is 6.53. The number of hydrogen-bond acceptors (Lipinski definition) is 1. The van der Waals surface area contributed by atoms with E-state index in [9.17, 15) is 0 Å².